The Balaban J connectivity index is 2.57. The predicted molar refractivity (Wildman–Crippen MR) is 82.6 cm³/mol. The summed E-state index contributed by atoms with van der Waals surface area (Å²) in [6, 6.07) is 0. The SMILES string of the molecule is CCCn1ncc(NCCCCSC)c(Br)c1=O. The van der Waals surface area contributed by atoms with Crippen LogP contribution < -0.4 is 10.9 Å². The highest BCUT2D eigenvalue weighted by atomic mass is 79.9. The third-order valence-electron chi connectivity index (χ3n) is 2.51. The number of hydrogen-bond acceptors (Lipinski definition) is 4. The summed E-state index contributed by atoms with van der Waals surface area (Å²) in [5.74, 6) is 1.18. The number of unbranched alkanes of at least 4 members (excludes halogenated alkanes) is 1. The quantitative estimate of drug-likeness (QED) is 0.743. The Labute approximate surface area is 121 Å². The molecule has 6 heteroatoms. The first kappa shape index (κ1) is 15.6. The second-order valence-corrected chi connectivity index (χ2v) is 5.81. The highest BCUT2D eigenvalue weighted by Crippen LogP contribution is 2.16. The molecular weight excluding hydrogens is 314 g/mol. The van der Waals surface area contributed by atoms with Crippen LogP contribution in [0.5, 0.6) is 0 Å². The summed E-state index contributed by atoms with van der Waals surface area (Å²) in [6.45, 7) is 3.56. The van der Waals surface area contributed by atoms with E-state index in [0.717, 1.165) is 25.1 Å². The number of thioether (sulfide) groups is 1. The Kier molecular flexibility index (Phi) is 7.42. The van der Waals surface area contributed by atoms with E-state index in [1.165, 1.54) is 16.9 Å². The summed E-state index contributed by atoms with van der Waals surface area (Å²) < 4.78 is 2.07. The molecule has 0 radical (unpaired) electrons. The molecule has 0 spiro atoms. The van der Waals surface area contributed by atoms with Crippen LogP contribution >= 0.6 is 27.7 Å². The molecule has 1 heterocycles. The lowest BCUT2D eigenvalue weighted by atomic mass is 10.3. The zero-order valence-corrected chi connectivity index (χ0v) is 13.3. The minimum Gasteiger partial charge on any atom is -0.383 e. The average Bonchev–Trinajstić information content (AvgIpc) is 2.37. The summed E-state index contributed by atoms with van der Waals surface area (Å²) in [4.78, 5) is 11.9. The van der Waals surface area contributed by atoms with E-state index in [0.29, 0.717) is 11.0 Å². The van der Waals surface area contributed by atoms with Crippen molar-refractivity contribution in [2.45, 2.75) is 32.7 Å². The van der Waals surface area contributed by atoms with Crippen molar-refractivity contribution in [3.63, 3.8) is 0 Å². The van der Waals surface area contributed by atoms with E-state index < -0.39 is 0 Å². The number of anilines is 1. The zero-order chi connectivity index (χ0) is 13.4. The average molecular weight is 334 g/mol. The molecule has 1 rings (SSSR count). The maximum absolute atomic E-state index is 11.9. The van der Waals surface area contributed by atoms with Crippen molar-refractivity contribution in [3.8, 4) is 0 Å². The summed E-state index contributed by atoms with van der Waals surface area (Å²) >= 11 is 5.20. The maximum atomic E-state index is 11.9. The molecule has 0 atom stereocenters. The van der Waals surface area contributed by atoms with Crippen LogP contribution in [0.1, 0.15) is 26.2 Å². The number of hydrogen-bond donors (Lipinski definition) is 1. The van der Waals surface area contributed by atoms with Gasteiger partial charge in [-0.3, -0.25) is 4.79 Å². The van der Waals surface area contributed by atoms with Gasteiger partial charge in [-0.05, 0) is 47.2 Å². The molecule has 0 saturated heterocycles. The standard InChI is InChI=1S/C12H20BrN3OS/c1-3-7-16-12(17)11(13)10(9-15-16)14-6-4-5-8-18-2/h9,14H,3-8H2,1-2H3. The Morgan fingerprint density at radius 2 is 2.28 bits per heavy atom. The highest BCUT2D eigenvalue weighted by molar-refractivity contribution is 9.10. The van der Waals surface area contributed by atoms with Crippen LogP contribution in [0.2, 0.25) is 0 Å². The van der Waals surface area contributed by atoms with Gasteiger partial charge < -0.3 is 5.32 Å². The summed E-state index contributed by atoms with van der Waals surface area (Å²) in [5.41, 5.74) is 0.725. The second kappa shape index (κ2) is 8.58. The number of aromatic nitrogens is 2. The Bertz CT molecular complexity index is 422. The molecule has 0 unspecified atom stereocenters. The fraction of sp³-hybridized carbons (Fsp3) is 0.667. The van der Waals surface area contributed by atoms with Crippen LogP contribution in [-0.4, -0.2) is 28.3 Å². The van der Waals surface area contributed by atoms with E-state index in [4.69, 9.17) is 0 Å². The molecule has 18 heavy (non-hydrogen) atoms. The van der Waals surface area contributed by atoms with Crippen molar-refractivity contribution in [1.29, 1.82) is 0 Å². The summed E-state index contributed by atoms with van der Waals surface area (Å²) in [6.07, 6.45) is 7.02. The van der Waals surface area contributed by atoms with Gasteiger partial charge in [0.2, 0.25) is 0 Å². The van der Waals surface area contributed by atoms with Crippen molar-refractivity contribution < 1.29 is 0 Å². The smallest absolute Gasteiger partial charge is 0.283 e. The molecule has 1 aromatic heterocycles. The Morgan fingerprint density at radius 3 is 2.94 bits per heavy atom. The van der Waals surface area contributed by atoms with Crippen LogP contribution in [0.25, 0.3) is 0 Å². The molecule has 0 amide bonds. The fourth-order valence-corrected chi connectivity index (χ4v) is 2.49. The van der Waals surface area contributed by atoms with Gasteiger partial charge >= 0.3 is 0 Å². The number of nitrogens with zero attached hydrogens (tertiary/aromatic N) is 2. The van der Waals surface area contributed by atoms with Gasteiger partial charge in [0.05, 0.1) is 11.9 Å². The largest absolute Gasteiger partial charge is 0.383 e. The molecule has 4 nitrogen and oxygen atoms in total. The summed E-state index contributed by atoms with van der Waals surface area (Å²) in [5, 5.41) is 7.40. The van der Waals surface area contributed by atoms with Crippen LogP contribution in [0.15, 0.2) is 15.5 Å². The van der Waals surface area contributed by atoms with Crippen molar-refractivity contribution >= 4 is 33.4 Å². The van der Waals surface area contributed by atoms with Crippen molar-refractivity contribution in [2.75, 3.05) is 23.9 Å². The number of rotatable bonds is 8. The minimum absolute atomic E-state index is 0.0639. The second-order valence-electron chi connectivity index (χ2n) is 4.03. The van der Waals surface area contributed by atoms with E-state index in [1.54, 1.807) is 6.20 Å². The minimum atomic E-state index is -0.0639. The summed E-state index contributed by atoms with van der Waals surface area (Å²) in [7, 11) is 0. The highest BCUT2D eigenvalue weighted by Gasteiger charge is 2.07. The molecule has 0 aliphatic rings. The third kappa shape index (κ3) is 4.65. The first-order valence-corrected chi connectivity index (χ1v) is 8.37. The molecule has 1 N–H and O–H groups in total. The van der Waals surface area contributed by atoms with E-state index in [9.17, 15) is 4.79 Å². The monoisotopic (exact) mass is 333 g/mol. The van der Waals surface area contributed by atoms with E-state index in [2.05, 4.69) is 32.6 Å². The Morgan fingerprint density at radius 1 is 1.50 bits per heavy atom. The maximum Gasteiger partial charge on any atom is 0.283 e. The lowest BCUT2D eigenvalue weighted by Gasteiger charge is -2.09. The molecule has 1 aromatic rings. The van der Waals surface area contributed by atoms with Gasteiger partial charge in [-0.25, -0.2) is 4.68 Å². The Hall–Kier alpha value is -0.490. The first-order valence-electron chi connectivity index (χ1n) is 6.19. The molecule has 0 aromatic carbocycles. The number of nitrogens with one attached hydrogen (secondary N) is 1. The third-order valence-corrected chi connectivity index (χ3v) is 3.97. The predicted octanol–water partition coefficient (Wildman–Crippen LogP) is 2.97. The van der Waals surface area contributed by atoms with Crippen LogP contribution in [0, 0.1) is 0 Å². The first-order chi connectivity index (χ1) is 8.70. The van der Waals surface area contributed by atoms with Gasteiger partial charge in [-0.1, -0.05) is 6.92 Å². The lowest BCUT2D eigenvalue weighted by Crippen LogP contribution is -2.24. The van der Waals surface area contributed by atoms with Crippen LogP contribution in [0.3, 0.4) is 0 Å². The number of aryl methyl sites for hydroxylation is 1. The number of halogens is 1. The topological polar surface area (TPSA) is 46.9 Å². The molecule has 0 aliphatic heterocycles. The van der Waals surface area contributed by atoms with Crippen molar-refractivity contribution in [1.82, 2.24) is 9.78 Å². The van der Waals surface area contributed by atoms with Crippen LogP contribution in [0.4, 0.5) is 5.69 Å². The van der Waals surface area contributed by atoms with Crippen LogP contribution in [-0.2, 0) is 6.54 Å². The zero-order valence-electron chi connectivity index (χ0n) is 10.9. The van der Waals surface area contributed by atoms with Crippen molar-refractivity contribution in [3.05, 3.63) is 21.0 Å². The van der Waals surface area contributed by atoms with Gasteiger partial charge in [-0.15, -0.1) is 0 Å². The van der Waals surface area contributed by atoms with Gasteiger partial charge in [0.25, 0.3) is 5.56 Å². The molecule has 102 valence electrons. The fourth-order valence-electron chi connectivity index (χ4n) is 1.55. The van der Waals surface area contributed by atoms with Gasteiger partial charge in [0.1, 0.15) is 4.47 Å². The van der Waals surface area contributed by atoms with Gasteiger partial charge in [0, 0.05) is 13.1 Å². The van der Waals surface area contributed by atoms with Crippen molar-refractivity contribution in [2.24, 2.45) is 0 Å². The van der Waals surface area contributed by atoms with Gasteiger partial charge in [0.15, 0.2) is 0 Å². The molecular formula is C12H20BrN3OS. The van der Waals surface area contributed by atoms with E-state index >= 15 is 0 Å². The molecule has 0 bridgehead atoms. The van der Waals surface area contributed by atoms with Gasteiger partial charge in [-0.2, -0.15) is 16.9 Å². The molecule has 0 fully saturated rings. The van der Waals surface area contributed by atoms with E-state index in [-0.39, 0.29) is 5.56 Å². The van der Waals surface area contributed by atoms with E-state index in [1.807, 2.05) is 18.7 Å². The normalized spacial score (nSPS) is 10.6. The lowest BCUT2D eigenvalue weighted by molar-refractivity contribution is 0.566. The molecule has 0 saturated carbocycles. The molecule has 0 aliphatic carbocycles.